The minimum atomic E-state index is -1.24. The number of carbonyl (C=O) groups is 2. The number of aromatic carboxylic acids is 1. The van der Waals surface area contributed by atoms with E-state index in [0.717, 1.165) is 49.9 Å². The van der Waals surface area contributed by atoms with E-state index in [0.29, 0.717) is 24.6 Å². The molecular weight excluding hydrogens is 422 g/mol. The number of carbonyl (C=O) groups excluding carboxylic acids is 1. The fraction of sp³-hybridized carbons (Fsp3) is 0.375. The van der Waals surface area contributed by atoms with Crippen LogP contribution in [0, 0.1) is 0 Å². The third-order valence-electron chi connectivity index (χ3n) is 6.47. The maximum atomic E-state index is 12.7. The molecule has 0 spiro atoms. The average Bonchev–Trinajstić information content (AvgIpc) is 3.47. The van der Waals surface area contributed by atoms with Crippen molar-refractivity contribution in [1.82, 2.24) is 19.4 Å². The van der Waals surface area contributed by atoms with Crippen LogP contribution in [0.4, 0.5) is 11.6 Å². The molecule has 1 amide bonds. The smallest absolute Gasteiger partial charge is 0.341 e. The summed E-state index contributed by atoms with van der Waals surface area (Å²) in [5, 5.41) is 12.9. The lowest BCUT2D eigenvalue weighted by Gasteiger charge is -2.18. The molecule has 33 heavy (non-hydrogen) atoms. The first-order valence-electron chi connectivity index (χ1n) is 11.3. The van der Waals surface area contributed by atoms with Crippen LogP contribution in [0.2, 0.25) is 0 Å². The summed E-state index contributed by atoms with van der Waals surface area (Å²) in [4.78, 5) is 46.8. The van der Waals surface area contributed by atoms with Crippen LogP contribution in [-0.2, 0) is 11.3 Å². The van der Waals surface area contributed by atoms with E-state index in [9.17, 15) is 19.5 Å². The standard InChI is InChI=1S/C24H25N5O4/c30-20-6-3-11-28(20)13-15-7-9-16(10-8-15)26-24-25-12-18-21(31)19(23(32)33)14-29(22(18)27-24)17-4-1-2-5-17/h7-10,12,14,17H,1-6,11,13H2,(H,32,33)(H,25,26,27). The number of pyridine rings is 1. The van der Waals surface area contributed by atoms with Gasteiger partial charge in [-0.05, 0) is 37.0 Å². The molecule has 1 aliphatic heterocycles. The summed E-state index contributed by atoms with van der Waals surface area (Å²) in [6, 6.07) is 7.84. The van der Waals surface area contributed by atoms with E-state index in [-0.39, 0.29) is 22.9 Å². The number of hydrogen-bond acceptors (Lipinski definition) is 6. The van der Waals surface area contributed by atoms with Gasteiger partial charge in [-0.3, -0.25) is 9.59 Å². The fourth-order valence-corrected chi connectivity index (χ4v) is 4.72. The Balaban J connectivity index is 1.43. The van der Waals surface area contributed by atoms with Gasteiger partial charge in [-0.2, -0.15) is 4.98 Å². The highest BCUT2D eigenvalue weighted by molar-refractivity contribution is 5.91. The van der Waals surface area contributed by atoms with Crippen LogP contribution in [0.25, 0.3) is 11.0 Å². The summed E-state index contributed by atoms with van der Waals surface area (Å²) in [6.07, 6.45) is 8.33. The predicted octanol–water partition coefficient (Wildman–Crippen LogP) is 3.47. The van der Waals surface area contributed by atoms with Gasteiger partial charge in [-0.25, -0.2) is 9.78 Å². The van der Waals surface area contributed by atoms with E-state index in [1.807, 2.05) is 33.7 Å². The molecule has 0 atom stereocenters. The lowest BCUT2D eigenvalue weighted by molar-refractivity contribution is -0.128. The van der Waals surface area contributed by atoms with Crippen LogP contribution in [0.5, 0.6) is 0 Å². The molecule has 0 unspecified atom stereocenters. The molecule has 1 aliphatic carbocycles. The maximum Gasteiger partial charge on any atom is 0.341 e. The Kier molecular flexibility index (Phi) is 5.53. The van der Waals surface area contributed by atoms with Crippen molar-refractivity contribution in [2.75, 3.05) is 11.9 Å². The van der Waals surface area contributed by atoms with Crippen molar-refractivity contribution in [2.24, 2.45) is 0 Å². The van der Waals surface area contributed by atoms with Gasteiger partial charge in [0.25, 0.3) is 0 Å². The third-order valence-corrected chi connectivity index (χ3v) is 6.47. The normalized spacial score (nSPS) is 16.6. The van der Waals surface area contributed by atoms with Gasteiger partial charge in [0, 0.05) is 43.6 Å². The maximum absolute atomic E-state index is 12.7. The van der Waals surface area contributed by atoms with Crippen LogP contribution < -0.4 is 10.7 Å². The molecule has 0 radical (unpaired) electrons. The summed E-state index contributed by atoms with van der Waals surface area (Å²) >= 11 is 0. The average molecular weight is 447 g/mol. The number of rotatable bonds is 6. The van der Waals surface area contributed by atoms with E-state index in [1.165, 1.54) is 12.4 Å². The van der Waals surface area contributed by atoms with Crippen LogP contribution >= 0.6 is 0 Å². The minimum absolute atomic E-state index is 0.113. The van der Waals surface area contributed by atoms with Crippen LogP contribution in [0.1, 0.15) is 60.5 Å². The molecule has 2 aromatic heterocycles. The molecule has 5 rings (SSSR count). The summed E-state index contributed by atoms with van der Waals surface area (Å²) in [6.45, 7) is 1.40. The Morgan fingerprint density at radius 1 is 1.12 bits per heavy atom. The first-order valence-corrected chi connectivity index (χ1v) is 11.3. The minimum Gasteiger partial charge on any atom is -0.477 e. The molecule has 170 valence electrons. The van der Waals surface area contributed by atoms with Crippen molar-refractivity contribution in [3.05, 3.63) is 58.0 Å². The van der Waals surface area contributed by atoms with Crippen LogP contribution in [0.3, 0.4) is 0 Å². The van der Waals surface area contributed by atoms with E-state index in [2.05, 4.69) is 15.3 Å². The number of hydrogen-bond donors (Lipinski definition) is 2. The summed E-state index contributed by atoms with van der Waals surface area (Å²) in [5.41, 5.74) is 1.44. The second-order valence-electron chi connectivity index (χ2n) is 8.69. The number of carboxylic acid groups (broad SMARTS) is 1. The van der Waals surface area contributed by atoms with Crippen molar-refractivity contribution in [3.8, 4) is 0 Å². The molecule has 2 aliphatic rings. The molecule has 2 fully saturated rings. The highest BCUT2D eigenvalue weighted by atomic mass is 16.4. The van der Waals surface area contributed by atoms with E-state index in [1.54, 1.807) is 0 Å². The van der Waals surface area contributed by atoms with Gasteiger partial charge < -0.3 is 19.9 Å². The highest BCUT2D eigenvalue weighted by Crippen LogP contribution is 2.31. The molecule has 3 heterocycles. The number of likely N-dealkylation sites (tertiary alicyclic amines) is 1. The van der Waals surface area contributed by atoms with Crippen molar-refractivity contribution in [2.45, 2.75) is 51.1 Å². The monoisotopic (exact) mass is 447 g/mol. The second kappa shape index (κ2) is 8.65. The van der Waals surface area contributed by atoms with Crippen molar-refractivity contribution in [1.29, 1.82) is 0 Å². The van der Waals surface area contributed by atoms with Gasteiger partial charge in [0.2, 0.25) is 17.3 Å². The number of amides is 1. The lowest BCUT2D eigenvalue weighted by atomic mass is 10.1. The molecule has 1 saturated carbocycles. The van der Waals surface area contributed by atoms with E-state index in [4.69, 9.17) is 0 Å². The van der Waals surface area contributed by atoms with Gasteiger partial charge in [0.15, 0.2) is 0 Å². The van der Waals surface area contributed by atoms with Crippen molar-refractivity contribution in [3.63, 3.8) is 0 Å². The molecule has 1 aromatic carbocycles. The predicted molar refractivity (Wildman–Crippen MR) is 123 cm³/mol. The molecular formula is C24H25N5O4. The number of carboxylic acids is 1. The lowest BCUT2D eigenvalue weighted by Crippen LogP contribution is -2.23. The van der Waals surface area contributed by atoms with Crippen molar-refractivity contribution >= 4 is 34.5 Å². The number of fused-ring (bicyclic) bond motifs is 1. The topological polar surface area (TPSA) is 117 Å². The first kappa shape index (κ1) is 21.1. The Bertz CT molecular complexity index is 1280. The summed E-state index contributed by atoms with van der Waals surface area (Å²) in [5.74, 6) is -0.716. The molecule has 1 saturated heterocycles. The molecule has 3 aromatic rings. The number of nitrogens with zero attached hydrogens (tertiary/aromatic N) is 4. The first-order chi connectivity index (χ1) is 16.0. The second-order valence-corrected chi connectivity index (χ2v) is 8.69. The fourth-order valence-electron chi connectivity index (χ4n) is 4.72. The number of aromatic nitrogens is 3. The molecule has 9 nitrogen and oxygen atoms in total. The zero-order valence-corrected chi connectivity index (χ0v) is 18.2. The van der Waals surface area contributed by atoms with E-state index < -0.39 is 11.4 Å². The van der Waals surface area contributed by atoms with Gasteiger partial charge in [-0.15, -0.1) is 0 Å². The highest BCUT2D eigenvalue weighted by Gasteiger charge is 2.23. The number of anilines is 2. The Hall–Kier alpha value is -3.75. The van der Waals surface area contributed by atoms with Gasteiger partial charge >= 0.3 is 5.97 Å². The summed E-state index contributed by atoms with van der Waals surface area (Å²) < 4.78 is 1.83. The quantitative estimate of drug-likeness (QED) is 0.594. The number of benzene rings is 1. The zero-order valence-electron chi connectivity index (χ0n) is 18.2. The SMILES string of the molecule is O=C(O)c1cn(C2CCCC2)c2nc(Nc3ccc(CN4CCCC4=O)cc3)ncc2c1=O. The van der Waals surface area contributed by atoms with Gasteiger partial charge in [-0.1, -0.05) is 25.0 Å². The molecule has 2 N–H and O–H groups in total. The largest absolute Gasteiger partial charge is 0.477 e. The van der Waals surface area contributed by atoms with Crippen LogP contribution in [0.15, 0.2) is 41.5 Å². The van der Waals surface area contributed by atoms with E-state index >= 15 is 0 Å². The third kappa shape index (κ3) is 4.18. The summed E-state index contributed by atoms with van der Waals surface area (Å²) in [7, 11) is 0. The number of nitrogens with one attached hydrogen (secondary N) is 1. The Morgan fingerprint density at radius 2 is 1.88 bits per heavy atom. The van der Waals surface area contributed by atoms with Crippen LogP contribution in [-0.4, -0.2) is 43.0 Å². The Morgan fingerprint density at radius 3 is 2.55 bits per heavy atom. The zero-order chi connectivity index (χ0) is 22.9. The van der Waals surface area contributed by atoms with Gasteiger partial charge in [0.1, 0.15) is 11.2 Å². The van der Waals surface area contributed by atoms with Crippen molar-refractivity contribution < 1.29 is 14.7 Å². The van der Waals surface area contributed by atoms with Gasteiger partial charge in [0.05, 0.1) is 5.39 Å². The molecule has 0 bridgehead atoms. The molecule has 9 heteroatoms. The Labute approximate surface area is 190 Å².